The quantitative estimate of drug-likeness (QED) is 0.333. The van der Waals surface area contributed by atoms with Gasteiger partial charge in [0.2, 0.25) is 5.91 Å². The van der Waals surface area contributed by atoms with Crippen molar-refractivity contribution in [2.75, 3.05) is 19.3 Å². The van der Waals surface area contributed by atoms with Crippen LogP contribution in [0.15, 0.2) is 81.4 Å². The second-order valence-electron chi connectivity index (χ2n) is 10.6. The van der Waals surface area contributed by atoms with Gasteiger partial charge in [0.25, 0.3) is 0 Å². The zero-order chi connectivity index (χ0) is 28.2. The predicted molar refractivity (Wildman–Crippen MR) is 151 cm³/mol. The van der Waals surface area contributed by atoms with E-state index in [0.29, 0.717) is 43.3 Å². The van der Waals surface area contributed by atoms with Crippen molar-refractivity contribution < 1.29 is 27.4 Å². The van der Waals surface area contributed by atoms with Gasteiger partial charge in [-0.1, -0.05) is 25.6 Å². The van der Waals surface area contributed by atoms with E-state index in [0.717, 1.165) is 21.8 Å². The van der Waals surface area contributed by atoms with Gasteiger partial charge in [-0.05, 0) is 97.5 Å². The Hall–Kier alpha value is -2.88. The molecule has 39 heavy (non-hydrogen) atoms. The van der Waals surface area contributed by atoms with E-state index in [1.807, 2.05) is 12.1 Å². The standard InChI is InChI=1S/C30H34FNO5S2/c1-21(2)20-30(34)12-14-32(15-13-30)29(33)18-22-16-25(37-24-6-4-23(31)5-7-24)19-27(17-22)38-26-8-10-28(11-9-26)39(3,35)36/h4-11,16-17,19,21,34H,12-15,18,20H2,1-3H3. The Kier molecular flexibility index (Phi) is 9.03. The van der Waals surface area contributed by atoms with E-state index in [1.165, 1.54) is 42.3 Å². The molecule has 3 aromatic carbocycles. The van der Waals surface area contributed by atoms with Crippen LogP contribution in [0, 0.1) is 11.7 Å². The maximum atomic E-state index is 13.4. The van der Waals surface area contributed by atoms with Crippen molar-refractivity contribution in [1.82, 2.24) is 4.90 Å². The second kappa shape index (κ2) is 12.1. The van der Waals surface area contributed by atoms with Crippen molar-refractivity contribution >= 4 is 27.5 Å². The Morgan fingerprint density at radius 1 is 1.00 bits per heavy atom. The minimum atomic E-state index is -3.30. The third-order valence-corrected chi connectivity index (χ3v) is 8.77. The molecule has 0 aromatic heterocycles. The lowest BCUT2D eigenvalue weighted by Gasteiger charge is -2.39. The molecule has 0 atom stereocenters. The number of amides is 1. The third-order valence-electron chi connectivity index (χ3n) is 6.67. The molecule has 0 radical (unpaired) electrons. The van der Waals surface area contributed by atoms with Crippen LogP contribution >= 0.6 is 11.8 Å². The van der Waals surface area contributed by atoms with E-state index in [4.69, 9.17) is 4.74 Å². The van der Waals surface area contributed by atoms with Crippen molar-refractivity contribution in [3.8, 4) is 11.5 Å². The Labute approximate surface area is 234 Å². The van der Waals surface area contributed by atoms with Crippen LogP contribution in [0.2, 0.25) is 0 Å². The Morgan fingerprint density at radius 3 is 2.23 bits per heavy atom. The number of halogens is 1. The largest absolute Gasteiger partial charge is 0.457 e. The molecule has 6 nitrogen and oxygen atoms in total. The maximum Gasteiger partial charge on any atom is 0.226 e. The van der Waals surface area contributed by atoms with Gasteiger partial charge in [0.15, 0.2) is 9.84 Å². The van der Waals surface area contributed by atoms with Gasteiger partial charge in [0.05, 0.1) is 16.9 Å². The number of hydrogen-bond acceptors (Lipinski definition) is 6. The highest BCUT2D eigenvalue weighted by Gasteiger charge is 2.34. The number of nitrogens with zero attached hydrogens (tertiary/aromatic N) is 1. The van der Waals surface area contributed by atoms with Crippen molar-refractivity contribution in [3.05, 3.63) is 78.1 Å². The molecule has 0 saturated carbocycles. The smallest absolute Gasteiger partial charge is 0.226 e. The van der Waals surface area contributed by atoms with Gasteiger partial charge < -0.3 is 14.7 Å². The summed E-state index contributed by atoms with van der Waals surface area (Å²) >= 11 is 1.42. The molecule has 1 aliphatic rings. The molecule has 0 unspecified atom stereocenters. The minimum absolute atomic E-state index is 0.0195. The van der Waals surface area contributed by atoms with Crippen LogP contribution < -0.4 is 4.74 Å². The van der Waals surface area contributed by atoms with Crippen LogP contribution in [0.3, 0.4) is 0 Å². The fraction of sp³-hybridized carbons (Fsp3) is 0.367. The van der Waals surface area contributed by atoms with E-state index in [2.05, 4.69) is 13.8 Å². The molecule has 0 bridgehead atoms. The van der Waals surface area contributed by atoms with Crippen LogP contribution in [0.4, 0.5) is 4.39 Å². The molecule has 4 rings (SSSR count). The normalized spacial score (nSPS) is 15.4. The highest BCUT2D eigenvalue weighted by atomic mass is 32.2. The van der Waals surface area contributed by atoms with Crippen LogP contribution in [0.1, 0.15) is 38.7 Å². The number of rotatable bonds is 9. The molecule has 9 heteroatoms. The van der Waals surface area contributed by atoms with E-state index < -0.39 is 15.4 Å². The predicted octanol–water partition coefficient (Wildman–Crippen LogP) is 6.11. The fourth-order valence-electron chi connectivity index (χ4n) is 4.80. The number of carbonyl (C=O) groups excluding carboxylic acids is 1. The Bertz CT molecular complexity index is 1400. The highest BCUT2D eigenvalue weighted by Crippen LogP contribution is 2.34. The summed E-state index contributed by atoms with van der Waals surface area (Å²) < 4.78 is 43.0. The average molecular weight is 572 g/mol. The van der Waals surface area contributed by atoms with E-state index in [-0.39, 0.29) is 23.0 Å². The molecule has 1 fully saturated rings. The van der Waals surface area contributed by atoms with Crippen LogP contribution in [0.25, 0.3) is 0 Å². The number of benzene rings is 3. The number of hydrogen-bond donors (Lipinski definition) is 1. The summed E-state index contributed by atoms with van der Waals surface area (Å²) in [7, 11) is -3.30. The van der Waals surface area contributed by atoms with Crippen LogP contribution in [-0.4, -0.2) is 49.3 Å². The summed E-state index contributed by atoms with van der Waals surface area (Å²) in [6.07, 6.45) is 3.19. The lowest BCUT2D eigenvalue weighted by Crippen LogP contribution is -2.47. The summed E-state index contributed by atoms with van der Waals surface area (Å²) in [6, 6.07) is 17.9. The van der Waals surface area contributed by atoms with Crippen LogP contribution in [0.5, 0.6) is 11.5 Å². The van der Waals surface area contributed by atoms with E-state index in [9.17, 15) is 22.7 Å². The lowest BCUT2D eigenvalue weighted by atomic mass is 9.84. The maximum absolute atomic E-state index is 13.4. The monoisotopic (exact) mass is 571 g/mol. The summed E-state index contributed by atoms with van der Waals surface area (Å²) in [5, 5.41) is 10.8. The zero-order valence-electron chi connectivity index (χ0n) is 22.4. The van der Waals surface area contributed by atoms with Gasteiger partial charge >= 0.3 is 0 Å². The van der Waals surface area contributed by atoms with Gasteiger partial charge in [-0.15, -0.1) is 0 Å². The van der Waals surface area contributed by atoms with E-state index >= 15 is 0 Å². The van der Waals surface area contributed by atoms with E-state index in [1.54, 1.807) is 35.2 Å². The molecule has 1 amide bonds. The molecule has 1 N–H and O–H groups in total. The van der Waals surface area contributed by atoms with Gasteiger partial charge in [-0.3, -0.25) is 4.79 Å². The summed E-state index contributed by atoms with van der Waals surface area (Å²) in [4.78, 5) is 16.9. The first-order valence-corrected chi connectivity index (χ1v) is 15.6. The fourth-order valence-corrected chi connectivity index (χ4v) is 6.36. The first-order chi connectivity index (χ1) is 18.4. The topological polar surface area (TPSA) is 83.9 Å². The van der Waals surface area contributed by atoms with Gasteiger partial charge in [0, 0.05) is 29.1 Å². The van der Waals surface area contributed by atoms with Gasteiger partial charge in [0.1, 0.15) is 17.3 Å². The number of likely N-dealkylation sites (tertiary alicyclic amines) is 1. The Morgan fingerprint density at radius 2 is 1.64 bits per heavy atom. The number of aliphatic hydroxyl groups is 1. The first-order valence-electron chi connectivity index (χ1n) is 12.9. The van der Waals surface area contributed by atoms with Crippen LogP contribution in [-0.2, 0) is 21.1 Å². The SMILES string of the molecule is CC(C)CC1(O)CCN(C(=O)Cc2cc(Oc3ccc(F)cc3)cc(Sc3ccc(S(C)(=O)=O)cc3)c2)CC1. The number of piperidine rings is 1. The third kappa shape index (κ3) is 8.30. The lowest BCUT2D eigenvalue weighted by molar-refractivity contribution is -0.135. The van der Waals surface area contributed by atoms with Crippen molar-refractivity contribution in [3.63, 3.8) is 0 Å². The zero-order valence-corrected chi connectivity index (χ0v) is 24.0. The molecular formula is C30H34FNO5S2. The minimum Gasteiger partial charge on any atom is -0.457 e. The second-order valence-corrected chi connectivity index (χ2v) is 13.8. The molecule has 208 valence electrons. The summed E-state index contributed by atoms with van der Waals surface area (Å²) in [5.41, 5.74) is 0.0440. The number of ether oxygens (including phenoxy) is 1. The summed E-state index contributed by atoms with van der Waals surface area (Å²) in [5.74, 6) is 0.979. The molecular weight excluding hydrogens is 537 g/mol. The Balaban J connectivity index is 1.53. The number of carbonyl (C=O) groups is 1. The molecule has 1 heterocycles. The first kappa shape index (κ1) is 29.1. The summed E-state index contributed by atoms with van der Waals surface area (Å²) in [6.45, 7) is 5.21. The van der Waals surface area contributed by atoms with Gasteiger partial charge in [-0.25, -0.2) is 12.8 Å². The van der Waals surface area contributed by atoms with Crippen molar-refractivity contribution in [1.29, 1.82) is 0 Å². The molecule has 1 aliphatic heterocycles. The molecule has 1 saturated heterocycles. The number of sulfone groups is 1. The highest BCUT2D eigenvalue weighted by molar-refractivity contribution is 7.99. The molecule has 0 spiro atoms. The average Bonchev–Trinajstić information content (AvgIpc) is 2.85. The molecule has 3 aromatic rings. The van der Waals surface area contributed by atoms with Gasteiger partial charge in [-0.2, -0.15) is 0 Å². The van der Waals surface area contributed by atoms with Crippen molar-refractivity contribution in [2.24, 2.45) is 5.92 Å². The van der Waals surface area contributed by atoms with Crippen molar-refractivity contribution in [2.45, 2.75) is 59.8 Å². The molecule has 0 aliphatic carbocycles.